The first-order valence-electron chi connectivity index (χ1n) is 7.48. The monoisotopic (exact) mass is 306 g/mol. The lowest BCUT2D eigenvalue weighted by Gasteiger charge is -2.09. The second-order valence-corrected chi connectivity index (χ2v) is 5.53. The van der Waals surface area contributed by atoms with Gasteiger partial charge >= 0.3 is 0 Å². The fourth-order valence-electron chi connectivity index (χ4n) is 2.49. The van der Waals surface area contributed by atoms with Crippen LogP contribution in [-0.4, -0.2) is 10.9 Å². The number of hydrogen-bond donors (Lipinski definition) is 1. The quantitative estimate of drug-likeness (QED) is 0.795. The molecule has 1 aromatic carbocycles. The predicted octanol–water partition coefficient (Wildman–Crippen LogP) is 3.89. The van der Waals surface area contributed by atoms with Gasteiger partial charge in [-0.05, 0) is 55.3 Å². The van der Waals surface area contributed by atoms with E-state index in [0.717, 1.165) is 22.4 Å². The Balaban J connectivity index is 1.71. The minimum atomic E-state index is -0.0705. The third-order valence-electron chi connectivity index (χ3n) is 3.68. The molecule has 4 heteroatoms. The molecule has 4 nitrogen and oxygen atoms in total. The molecule has 1 N–H and O–H groups in total. The average Bonchev–Trinajstić information content (AvgIpc) is 3.07. The van der Waals surface area contributed by atoms with E-state index in [2.05, 4.69) is 10.3 Å². The van der Waals surface area contributed by atoms with Crippen LogP contribution in [0.2, 0.25) is 0 Å². The van der Waals surface area contributed by atoms with Crippen LogP contribution in [0.15, 0.2) is 59.3 Å². The number of nitrogens with zero attached hydrogens (tertiary/aromatic N) is 1. The summed E-state index contributed by atoms with van der Waals surface area (Å²) >= 11 is 0. The van der Waals surface area contributed by atoms with Gasteiger partial charge in [-0.1, -0.05) is 17.7 Å². The van der Waals surface area contributed by atoms with E-state index in [1.54, 1.807) is 12.5 Å². The molecule has 2 aromatic heterocycles. The van der Waals surface area contributed by atoms with Crippen molar-refractivity contribution < 1.29 is 9.21 Å². The third kappa shape index (κ3) is 3.48. The van der Waals surface area contributed by atoms with Crippen molar-refractivity contribution in [2.45, 2.75) is 20.4 Å². The number of furan rings is 1. The Bertz CT molecular complexity index is 823. The van der Waals surface area contributed by atoms with Crippen LogP contribution in [0.3, 0.4) is 0 Å². The van der Waals surface area contributed by atoms with Gasteiger partial charge in [0.05, 0.1) is 6.26 Å². The number of hydrogen-bond acceptors (Lipinski definition) is 3. The van der Waals surface area contributed by atoms with Crippen LogP contribution < -0.4 is 5.32 Å². The molecule has 0 atom stereocenters. The summed E-state index contributed by atoms with van der Waals surface area (Å²) in [5.41, 5.74) is 4.57. The van der Waals surface area contributed by atoms with Gasteiger partial charge in [0, 0.05) is 18.3 Å². The van der Waals surface area contributed by atoms with Gasteiger partial charge in [0.25, 0.3) is 5.91 Å². The van der Waals surface area contributed by atoms with Gasteiger partial charge in [0.15, 0.2) is 5.76 Å². The summed E-state index contributed by atoms with van der Waals surface area (Å²) in [4.78, 5) is 16.6. The fourth-order valence-corrected chi connectivity index (χ4v) is 2.49. The lowest BCUT2D eigenvalue weighted by molar-refractivity contribution is 0.0950. The summed E-state index contributed by atoms with van der Waals surface area (Å²) in [5.74, 6) is 0.645. The van der Waals surface area contributed by atoms with Crippen molar-refractivity contribution in [3.63, 3.8) is 0 Å². The zero-order valence-electron chi connectivity index (χ0n) is 13.2. The maximum Gasteiger partial charge on any atom is 0.251 e. The summed E-state index contributed by atoms with van der Waals surface area (Å²) in [6, 6.07) is 13.3. The fraction of sp³-hybridized carbons (Fsp3) is 0.158. The molecule has 0 spiro atoms. The molecule has 0 aliphatic heterocycles. The standard InChI is InChI=1S/C19H18N2O2/c1-13-5-6-16(14(2)10-13)19(22)21-12-15-7-8-20-17(11-15)18-4-3-9-23-18/h3-11H,12H2,1-2H3,(H,21,22). The number of benzene rings is 1. The van der Waals surface area contributed by atoms with Gasteiger partial charge in [-0.15, -0.1) is 0 Å². The van der Waals surface area contributed by atoms with Crippen molar-refractivity contribution in [2.24, 2.45) is 0 Å². The molecule has 2 heterocycles. The number of rotatable bonds is 4. The summed E-state index contributed by atoms with van der Waals surface area (Å²) in [6.07, 6.45) is 3.34. The number of carbonyl (C=O) groups excluding carboxylic acids is 1. The Morgan fingerprint density at radius 1 is 1.17 bits per heavy atom. The highest BCUT2D eigenvalue weighted by Gasteiger charge is 2.09. The highest BCUT2D eigenvalue weighted by atomic mass is 16.3. The van der Waals surface area contributed by atoms with Crippen LogP contribution in [0.25, 0.3) is 11.5 Å². The average molecular weight is 306 g/mol. The molecule has 0 fully saturated rings. The molecule has 0 unspecified atom stereocenters. The van der Waals surface area contributed by atoms with Crippen molar-refractivity contribution >= 4 is 5.91 Å². The normalized spacial score (nSPS) is 10.5. The smallest absolute Gasteiger partial charge is 0.251 e. The topological polar surface area (TPSA) is 55.1 Å². The predicted molar refractivity (Wildman–Crippen MR) is 89.0 cm³/mol. The molecule has 116 valence electrons. The largest absolute Gasteiger partial charge is 0.463 e. The van der Waals surface area contributed by atoms with E-state index in [-0.39, 0.29) is 5.91 Å². The number of nitrogens with one attached hydrogen (secondary N) is 1. The van der Waals surface area contributed by atoms with Crippen molar-refractivity contribution in [3.8, 4) is 11.5 Å². The zero-order chi connectivity index (χ0) is 16.2. The van der Waals surface area contributed by atoms with E-state index in [1.165, 1.54) is 0 Å². The van der Waals surface area contributed by atoms with Crippen molar-refractivity contribution in [3.05, 3.63) is 77.2 Å². The number of aromatic nitrogens is 1. The maximum absolute atomic E-state index is 12.3. The first-order valence-corrected chi connectivity index (χ1v) is 7.48. The Hall–Kier alpha value is -2.88. The van der Waals surface area contributed by atoms with Crippen molar-refractivity contribution in [1.29, 1.82) is 0 Å². The molecule has 1 amide bonds. The second kappa shape index (κ2) is 6.48. The summed E-state index contributed by atoms with van der Waals surface area (Å²) < 4.78 is 5.35. The summed E-state index contributed by atoms with van der Waals surface area (Å²) in [6.45, 7) is 4.41. The lowest BCUT2D eigenvalue weighted by Crippen LogP contribution is -2.23. The summed E-state index contributed by atoms with van der Waals surface area (Å²) in [7, 11) is 0. The minimum Gasteiger partial charge on any atom is -0.463 e. The lowest BCUT2D eigenvalue weighted by atomic mass is 10.1. The molecule has 0 aliphatic carbocycles. The van der Waals surface area contributed by atoms with Crippen molar-refractivity contribution in [1.82, 2.24) is 10.3 Å². The molecule has 3 aromatic rings. The van der Waals surface area contributed by atoms with E-state index in [4.69, 9.17) is 4.42 Å². The van der Waals surface area contributed by atoms with Crippen LogP contribution in [0.4, 0.5) is 0 Å². The zero-order valence-corrected chi connectivity index (χ0v) is 13.2. The van der Waals surface area contributed by atoms with Crippen LogP contribution >= 0.6 is 0 Å². The molecular weight excluding hydrogens is 288 g/mol. The Morgan fingerprint density at radius 2 is 2.04 bits per heavy atom. The molecule has 0 saturated carbocycles. The summed E-state index contributed by atoms with van der Waals surface area (Å²) in [5, 5.41) is 2.95. The van der Waals surface area contributed by atoms with Crippen molar-refractivity contribution in [2.75, 3.05) is 0 Å². The highest BCUT2D eigenvalue weighted by molar-refractivity contribution is 5.95. The van der Waals surface area contributed by atoms with E-state index < -0.39 is 0 Å². The third-order valence-corrected chi connectivity index (χ3v) is 3.68. The second-order valence-electron chi connectivity index (χ2n) is 5.53. The van der Waals surface area contributed by atoms with Gasteiger partial charge in [-0.2, -0.15) is 0 Å². The maximum atomic E-state index is 12.3. The molecule has 0 radical (unpaired) electrons. The number of pyridine rings is 1. The number of amides is 1. The van der Waals surface area contributed by atoms with Gasteiger partial charge in [-0.3, -0.25) is 9.78 Å². The minimum absolute atomic E-state index is 0.0705. The Labute approximate surface area is 135 Å². The molecule has 0 aliphatic rings. The first kappa shape index (κ1) is 15.0. The van der Waals surface area contributed by atoms with E-state index in [1.807, 2.05) is 56.3 Å². The molecule has 0 bridgehead atoms. The molecule has 3 rings (SSSR count). The highest BCUT2D eigenvalue weighted by Crippen LogP contribution is 2.18. The van der Waals surface area contributed by atoms with Crippen LogP contribution in [0.1, 0.15) is 27.0 Å². The van der Waals surface area contributed by atoms with E-state index >= 15 is 0 Å². The van der Waals surface area contributed by atoms with Crippen LogP contribution in [0.5, 0.6) is 0 Å². The Kier molecular flexibility index (Phi) is 4.24. The first-order chi connectivity index (χ1) is 11.1. The van der Waals surface area contributed by atoms with Crippen LogP contribution in [0, 0.1) is 13.8 Å². The SMILES string of the molecule is Cc1ccc(C(=O)NCc2ccnc(-c3ccco3)c2)c(C)c1. The van der Waals surface area contributed by atoms with E-state index in [0.29, 0.717) is 17.9 Å². The molecular formula is C19H18N2O2. The number of aryl methyl sites for hydroxylation is 2. The van der Waals surface area contributed by atoms with Gasteiger partial charge in [-0.25, -0.2) is 0 Å². The van der Waals surface area contributed by atoms with Gasteiger partial charge < -0.3 is 9.73 Å². The van der Waals surface area contributed by atoms with Gasteiger partial charge in [0.1, 0.15) is 5.69 Å². The molecule has 0 saturated heterocycles. The van der Waals surface area contributed by atoms with E-state index in [9.17, 15) is 4.79 Å². The van der Waals surface area contributed by atoms with Gasteiger partial charge in [0.2, 0.25) is 0 Å². The number of carbonyl (C=O) groups is 1. The Morgan fingerprint density at radius 3 is 2.78 bits per heavy atom. The van der Waals surface area contributed by atoms with Crippen LogP contribution in [-0.2, 0) is 6.54 Å². The molecule has 23 heavy (non-hydrogen) atoms.